The molecule has 0 saturated carbocycles. The van der Waals surface area contributed by atoms with Crippen LogP contribution in [-0.4, -0.2) is 5.91 Å². The molecule has 0 unspecified atom stereocenters. The number of nitrogens with one attached hydrogen (secondary N) is 1. The van der Waals surface area contributed by atoms with Crippen molar-refractivity contribution >= 4 is 53.3 Å². The first-order valence-electron chi connectivity index (χ1n) is 12.1. The number of thioether (sulfide) groups is 1. The molecule has 5 heteroatoms. The van der Waals surface area contributed by atoms with Gasteiger partial charge in [-0.15, -0.1) is 12.4 Å². The minimum absolute atomic E-state index is 0. The second-order valence-corrected chi connectivity index (χ2v) is 12.7. The number of benzene rings is 5. The van der Waals surface area contributed by atoms with Crippen molar-refractivity contribution in [3.63, 3.8) is 0 Å². The van der Waals surface area contributed by atoms with Gasteiger partial charge in [0.15, 0.2) is 12.7 Å². The molecule has 1 N–H and O–H groups in total. The second-order valence-electron chi connectivity index (χ2n) is 8.43. The van der Waals surface area contributed by atoms with Crippen LogP contribution in [0.15, 0.2) is 167 Å². The fraction of sp³-hybridized carbons (Fsp3) is 0. The molecule has 0 fully saturated rings. The Morgan fingerprint density at radius 1 is 0.553 bits per heavy atom. The van der Waals surface area contributed by atoms with Crippen molar-refractivity contribution in [1.82, 2.24) is 5.32 Å². The van der Waals surface area contributed by atoms with Crippen molar-refractivity contribution in [3.8, 4) is 0 Å². The maximum absolute atomic E-state index is 13.7. The van der Waals surface area contributed by atoms with E-state index in [-0.39, 0.29) is 18.3 Å². The number of halogens is 1. The number of amides is 1. The van der Waals surface area contributed by atoms with E-state index in [9.17, 15) is 4.79 Å². The molecule has 0 aliphatic carbocycles. The third-order valence-electron chi connectivity index (χ3n) is 6.12. The summed E-state index contributed by atoms with van der Waals surface area (Å²) in [5.74, 6) is -0.118. The van der Waals surface area contributed by atoms with E-state index >= 15 is 0 Å². The Morgan fingerprint density at radius 2 is 0.921 bits per heavy atom. The van der Waals surface area contributed by atoms with E-state index in [0.717, 1.165) is 10.3 Å². The lowest BCUT2D eigenvalue weighted by atomic mass is 10.2. The molecule has 0 atom stereocenters. The fourth-order valence-corrected chi connectivity index (χ4v) is 9.68. The monoisotopic (exact) mass is 552 g/mol. The summed E-state index contributed by atoms with van der Waals surface area (Å²) in [7, 11) is -2.47. The molecule has 0 aliphatic heterocycles. The molecular formula is C33H28ClNOPS+. The Morgan fingerprint density at radius 3 is 1.34 bits per heavy atom. The summed E-state index contributed by atoms with van der Waals surface area (Å²) in [6.45, 7) is 0. The van der Waals surface area contributed by atoms with Crippen molar-refractivity contribution < 1.29 is 4.79 Å². The summed E-state index contributed by atoms with van der Waals surface area (Å²) in [4.78, 5) is 14.8. The second kappa shape index (κ2) is 13.3. The van der Waals surface area contributed by atoms with Gasteiger partial charge in [-0.3, -0.25) is 10.1 Å². The van der Waals surface area contributed by atoms with Crippen molar-refractivity contribution in [2.75, 3.05) is 0 Å². The molecule has 188 valence electrons. The maximum atomic E-state index is 13.7. The van der Waals surface area contributed by atoms with Crippen LogP contribution in [0.2, 0.25) is 0 Å². The summed E-state index contributed by atoms with van der Waals surface area (Å²) in [5, 5.41) is 9.07. The lowest BCUT2D eigenvalue weighted by Crippen LogP contribution is -2.38. The zero-order chi connectivity index (χ0) is 25.3. The van der Waals surface area contributed by atoms with E-state index in [2.05, 4.69) is 95.7 Å². The molecule has 5 aromatic rings. The highest BCUT2D eigenvalue weighted by Crippen LogP contribution is 2.62. The summed E-state index contributed by atoms with van der Waals surface area (Å²) in [6, 6.07) is 51.4. The van der Waals surface area contributed by atoms with Crippen LogP contribution in [0.3, 0.4) is 0 Å². The van der Waals surface area contributed by atoms with Crippen molar-refractivity contribution in [2.24, 2.45) is 0 Å². The molecule has 2 nitrogen and oxygen atoms in total. The normalized spacial score (nSPS) is 11.3. The predicted octanol–water partition coefficient (Wildman–Crippen LogP) is 7.42. The minimum atomic E-state index is -2.47. The van der Waals surface area contributed by atoms with Gasteiger partial charge in [0.1, 0.15) is 15.9 Å². The first-order chi connectivity index (χ1) is 18.3. The quantitative estimate of drug-likeness (QED) is 0.160. The topological polar surface area (TPSA) is 29.1 Å². The highest BCUT2D eigenvalue weighted by Gasteiger charge is 2.50. The first-order valence-corrected chi connectivity index (χ1v) is 14.8. The standard InChI is InChI=1S/C33H26NOPS.ClH/c35-33(27-16-6-1-7-17-27)34-32(26-37-31-24-14-5-15-25-31)36(28-18-8-2-9-19-28,29-20-10-3-11-21-29)30-22-12-4-13-23-30;/h1-26H;1H/p+1/b32-26+;. The van der Waals surface area contributed by atoms with Crippen LogP contribution in [0.25, 0.3) is 0 Å². The van der Waals surface area contributed by atoms with Gasteiger partial charge in [-0.05, 0) is 60.7 Å². The third-order valence-corrected chi connectivity index (χ3v) is 11.4. The van der Waals surface area contributed by atoms with Gasteiger partial charge >= 0.3 is 0 Å². The molecule has 0 aliphatic rings. The molecule has 38 heavy (non-hydrogen) atoms. The zero-order valence-electron chi connectivity index (χ0n) is 20.7. The molecule has 1 amide bonds. The average Bonchev–Trinajstić information content (AvgIpc) is 2.99. The SMILES string of the molecule is Cl.O=C(N/C(=C\Sc1ccccc1)[P+](c1ccccc1)(c1ccccc1)c1ccccc1)c1ccccc1. The van der Waals surface area contributed by atoms with Crippen LogP contribution in [0.4, 0.5) is 0 Å². The van der Waals surface area contributed by atoms with Crippen LogP contribution < -0.4 is 21.2 Å². The van der Waals surface area contributed by atoms with Crippen molar-refractivity contribution in [2.45, 2.75) is 4.90 Å². The Hall–Kier alpha value is -3.62. The van der Waals surface area contributed by atoms with Gasteiger partial charge in [0.05, 0.1) is 0 Å². The van der Waals surface area contributed by atoms with E-state index in [1.165, 1.54) is 15.9 Å². The predicted molar refractivity (Wildman–Crippen MR) is 167 cm³/mol. The number of hydrogen-bond acceptors (Lipinski definition) is 2. The van der Waals surface area contributed by atoms with Gasteiger partial charge in [-0.25, -0.2) is 0 Å². The number of hydrogen-bond donors (Lipinski definition) is 1. The Balaban J connectivity index is 0.00000336. The summed E-state index contributed by atoms with van der Waals surface area (Å²) in [5.41, 5.74) is 1.53. The van der Waals surface area contributed by atoms with Crippen LogP contribution in [0.1, 0.15) is 10.4 Å². The lowest BCUT2D eigenvalue weighted by molar-refractivity contribution is 0.0968. The zero-order valence-corrected chi connectivity index (χ0v) is 23.2. The molecule has 0 aromatic heterocycles. The van der Waals surface area contributed by atoms with E-state index in [4.69, 9.17) is 0 Å². The summed E-state index contributed by atoms with van der Waals surface area (Å²) in [6.07, 6.45) is 0. The molecule has 0 radical (unpaired) electrons. The van der Waals surface area contributed by atoms with Gasteiger partial charge in [-0.2, -0.15) is 0 Å². The molecule has 5 rings (SSSR count). The van der Waals surface area contributed by atoms with Gasteiger partial charge in [0.2, 0.25) is 0 Å². The molecule has 0 heterocycles. The van der Waals surface area contributed by atoms with Gasteiger partial charge in [0, 0.05) is 15.9 Å². The molecule has 0 bridgehead atoms. The van der Waals surface area contributed by atoms with Crippen molar-refractivity contribution in [3.05, 3.63) is 168 Å². The van der Waals surface area contributed by atoms with Gasteiger partial charge in [-0.1, -0.05) is 103 Å². The van der Waals surface area contributed by atoms with E-state index in [0.29, 0.717) is 5.56 Å². The molecule has 0 spiro atoms. The summed E-state index contributed by atoms with van der Waals surface area (Å²) >= 11 is 1.63. The third kappa shape index (κ3) is 5.92. The van der Waals surface area contributed by atoms with Crippen LogP contribution in [0, 0.1) is 0 Å². The first kappa shape index (κ1) is 27.4. The minimum Gasteiger partial charge on any atom is -0.291 e. The van der Waals surface area contributed by atoms with Gasteiger partial charge in [0.25, 0.3) is 5.91 Å². The van der Waals surface area contributed by atoms with Gasteiger partial charge < -0.3 is 0 Å². The maximum Gasteiger partial charge on any atom is 0.258 e. The number of rotatable bonds is 8. The Kier molecular flexibility index (Phi) is 9.56. The van der Waals surface area contributed by atoms with E-state index in [1.54, 1.807) is 11.8 Å². The lowest BCUT2D eigenvalue weighted by Gasteiger charge is -2.29. The number of carbonyl (C=O) groups excluding carboxylic acids is 1. The van der Waals surface area contributed by atoms with E-state index < -0.39 is 7.26 Å². The van der Waals surface area contributed by atoms with Crippen molar-refractivity contribution in [1.29, 1.82) is 0 Å². The smallest absolute Gasteiger partial charge is 0.258 e. The largest absolute Gasteiger partial charge is 0.291 e. The Bertz CT molecular complexity index is 1370. The highest BCUT2D eigenvalue weighted by atomic mass is 35.5. The molecule has 0 saturated heterocycles. The fourth-order valence-electron chi connectivity index (χ4n) is 4.41. The Labute approximate surface area is 235 Å². The number of carbonyl (C=O) groups is 1. The summed E-state index contributed by atoms with van der Waals surface area (Å²) < 4.78 is 0. The van der Waals surface area contributed by atoms with E-state index in [1.807, 2.05) is 66.7 Å². The highest BCUT2D eigenvalue weighted by molar-refractivity contribution is 8.04. The van der Waals surface area contributed by atoms with Crippen LogP contribution in [0.5, 0.6) is 0 Å². The van der Waals surface area contributed by atoms with Crippen LogP contribution in [-0.2, 0) is 0 Å². The average molecular weight is 553 g/mol. The molecule has 5 aromatic carbocycles. The molecular weight excluding hydrogens is 525 g/mol. The van der Waals surface area contributed by atoms with Crippen LogP contribution >= 0.6 is 31.4 Å².